The molecule has 1 aliphatic heterocycles. The molecule has 0 amide bonds. The van der Waals surface area contributed by atoms with Crippen LogP contribution in [0.25, 0.3) is 0 Å². The molecule has 9 heteroatoms. The highest BCUT2D eigenvalue weighted by atomic mass is 17.1. The first kappa shape index (κ1) is 24.5. The van der Waals surface area contributed by atoms with Crippen LogP contribution >= 0.6 is 0 Å². The second-order valence-electron chi connectivity index (χ2n) is 8.24. The highest BCUT2D eigenvalue weighted by Gasteiger charge is 2.35. The average molecular weight is 456 g/mol. The van der Waals surface area contributed by atoms with Crippen molar-refractivity contribution in [2.75, 3.05) is 13.1 Å². The molecule has 4 rings (SSSR count). The Kier molecular flexibility index (Phi) is 8.63. The molecule has 176 valence electrons. The van der Waals surface area contributed by atoms with Crippen LogP contribution in [0.5, 0.6) is 0 Å². The Labute approximate surface area is 191 Å². The molecule has 2 aromatic rings. The number of aliphatic hydroxyl groups is 1. The monoisotopic (exact) mass is 456 g/mol. The number of carbonyl (C=O) groups excluding carboxylic acids is 1. The van der Waals surface area contributed by atoms with Gasteiger partial charge in [-0.3, -0.25) is 24.3 Å². The van der Waals surface area contributed by atoms with Gasteiger partial charge in [-0.25, -0.2) is 0 Å². The predicted octanol–water partition coefficient (Wildman–Crippen LogP) is 1.69. The molecule has 1 fully saturated rings. The standard InChI is InChI=1S/C22H26N2O3.C2H2O4/c1-23-9-6-18(14-21(23)26)22(27)15-7-10-24(11-8-15)19-12-16-4-2-3-5-17(16)13-20(19)25;3-5-1-2-6-4/h2-6,9,14-15,19-20,25H,7-8,10-13H2,1H3;3-4H. The van der Waals surface area contributed by atoms with Crippen LogP contribution in [0.2, 0.25) is 0 Å². The van der Waals surface area contributed by atoms with Gasteiger partial charge >= 0.3 is 0 Å². The zero-order valence-corrected chi connectivity index (χ0v) is 18.4. The van der Waals surface area contributed by atoms with Crippen LogP contribution in [0.1, 0.15) is 34.3 Å². The molecule has 2 atom stereocenters. The van der Waals surface area contributed by atoms with Gasteiger partial charge in [0.1, 0.15) is 0 Å². The summed E-state index contributed by atoms with van der Waals surface area (Å²) in [5.74, 6) is 0.0308. The topological polar surface area (TPSA) is 121 Å². The van der Waals surface area contributed by atoms with Crippen LogP contribution in [0.4, 0.5) is 0 Å². The lowest BCUT2D eigenvalue weighted by molar-refractivity contribution is -0.188. The van der Waals surface area contributed by atoms with Crippen molar-refractivity contribution >= 4 is 5.78 Å². The van der Waals surface area contributed by atoms with E-state index in [4.69, 9.17) is 10.5 Å². The number of aliphatic hydroxyl groups excluding tert-OH is 1. The SMILES string of the molecule is Cn1ccc(C(=O)C2CCN(C3Cc4ccccc4CC3O)CC2)cc1=O.OOC#COO. The molecule has 3 N–H and O–H groups in total. The summed E-state index contributed by atoms with van der Waals surface area (Å²) in [7, 11) is 1.68. The number of fused-ring (bicyclic) bond motifs is 1. The first-order valence-electron chi connectivity index (χ1n) is 10.7. The molecule has 2 heterocycles. The molecule has 1 saturated heterocycles. The highest BCUT2D eigenvalue weighted by molar-refractivity contribution is 5.97. The maximum atomic E-state index is 12.8. The van der Waals surface area contributed by atoms with Gasteiger partial charge in [0.2, 0.25) is 12.2 Å². The summed E-state index contributed by atoms with van der Waals surface area (Å²) in [5.41, 5.74) is 2.94. The molecule has 0 bridgehead atoms. The Hall–Kier alpha value is -3.16. The lowest BCUT2D eigenvalue weighted by atomic mass is 9.83. The molecular formula is C24H28N2O7. The third kappa shape index (κ3) is 6.21. The summed E-state index contributed by atoms with van der Waals surface area (Å²) < 4.78 is 1.47. The van der Waals surface area contributed by atoms with E-state index in [0.29, 0.717) is 12.0 Å². The number of pyridine rings is 1. The summed E-state index contributed by atoms with van der Waals surface area (Å²) in [5, 5.41) is 25.3. The summed E-state index contributed by atoms with van der Waals surface area (Å²) in [6, 6.07) is 11.6. The summed E-state index contributed by atoms with van der Waals surface area (Å²) in [6.07, 6.45) is 7.48. The molecule has 2 unspecified atom stereocenters. The number of rotatable bonds is 3. The number of likely N-dealkylation sites (tertiary alicyclic amines) is 1. The molecule has 1 aromatic heterocycles. The molecule has 9 nitrogen and oxygen atoms in total. The number of Topliss-reactive ketones (excluding diaryl/α,β-unsaturated/α-hetero) is 1. The van der Waals surface area contributed by atoms with Gasteiger partial charge in [0.15, 0.2) is 5.78 Å². The summed E-state index contributed by atoms with van der Waals surface area (Å²) >= 11 is 0. The van der Waals surface area contributed by atoms with E-state index in [1.165, 1.54) is 34.0 Å². The van der Waals surface area contributed by atoms with E-state index in [1.54, 1.807) is 19.3 Å². The van der Waals surface area contributed by atoms with Crippen molar-refractivity contribution in [3.05, 3.63) is 69.6 Å². The van der Waals surface area contributed by atoms with Crippen molar-refractivity contribution in [3.8, 4) is 12.2 Å². The number of benzene rings is 1. The Morgan fingerprint density at radius 1 is 1.03 bits per heavy atom. The smallest absolute Gasteiger partial charge is 0.250 e. The van der Waals surface area contributed by atoms with E-state index >= 15 is 0 Å². The molecule has 2 aliphatic rings. The number of hydrogen-bond acceptors (Lipinski definition) is 8. The molecule has 0 radical (unpaired) electrons. The van der Waals surface area contributed by atoms with Crippen molar-refractivity contribution < 1.29 is 30.2 Å². The van der Waals surface area contributed by atoms with Gasteiger partial charge in [0.25, 0.3) is 5.56 Å². The first-order valence-corrected chi connectivity index (χ1v) is 10.7. The van der Waals surface area contributed by atoms with Crippen LogP contribution in [0.15, 0.2) is 47.4 Å². The van der Waals surface area contributed by atoms with Crippen molar-refractivity contribution in [2.24, 2.45) is 13.0 Å². The Morgan fingerprint density at radius 2 is 1.64 bits per heavy atom. The Bertz CT molecular complexity index is 1060. The van der Waals surface area contributed by atoms with Gasteiger partial charge < -0.3 is 9.67 Å². The molecule has 0 spiro atoms. The van der Waals surface area contributed by atoms with Crippen molar-refractivity contribution in [1.29, 1.82) is 0 Å². The van der Waals surface area contributed by atoms with Crippen LogP contribution in [-0.4, -0.2) is 56.1 Å². The quantitative estimate of drug-likeness (QED) is 0.276. The number of piperidine rings is 1. The van der Waals surface area contributed by atoms with E-state index in [2.05, 4.69) is 32.9 Å². The molecule has 0 saturated carbocycles. The van der Waals surface area contributed by atoms with Crippen molar-refractivity contribution in [2.45, 2.75) is 37.8 Å². The molecule has 33 heavy (non-hydrogen) atoms. The fourth-order valence-corrected chi connectivity index (χ4v) is 4.52. The third-order valence-electron chi connectivity index (χ3n) is 6.31. The van der Waals surface area contributed by atoms with Crippen LogP contribution < -0.4 is 5.56 Å². The molecule has 1 aromatic carbocycles. The second kappa shape index (κ2) is 11.6. The zero-order chi connectivity index (χ0) is 23.8. The van der Waals surface area contributed by atoms with Gasteiger partial charge in [0.05, 0.1) is 6.10 Å². The highest BCUT2D eigenvalue weighted by Crippen LogP contribution is 2.29. The summed E-state index contributed by atoms with van der Waals surface area (Å²) in [4.78, 5) is 33.2. The maximum absolute atomic E-state index is 12.8. The fourth-order valence-electron chi connectivity index (χ4n) is 4.52. The minimum absolute atomic E-state index is 0.0404. The normalized spacial score (nSPS) is 20.4. The van der Waals surface area contributed by atoms with E-state index in [9.17, 15) is 14.7 Å². The van der Waals surface area contributed by atoms with Crippen LogP contribution in [-0.2, 0) is 29.7 Å². The average Bonchev–Trinajstić information content (AvgIpc) is 2.84. The van der Waals surface area contributed by atoms with E-state index < -0.39 is 0 Å². The maximum Gasteiger partial charge on any atom is 0.250 e. The van der Waals surface area contributed by atoms with Gasteiger partial charge in [-0.15, -0.1) is 0 Å². The molecule has 1 aliphatic carbocycles. The number of hydrogen-bond donors (Lipinski definition) is 3. The van der Waals surface area contributed by atoms with Gasteiger partial charge in [-0.2, -0.15) is 10.5 Å². The lowest BCUT2D eigenvalue weighted by Crippen LogP contribution is -2.51. The number of ketones is 1. The number of aromatic nitrogens is 1. The van der Waals surface area contributed by atoms with E-state index in [1.807, 2.05) is 6.07 Å². The van der Waals surface area contributed by atoms with Crippen LogP contribution in [0, 0.1) is 18.1 Å². The minimum Gasteiger partial charge on any atom is -0.391 e. The van der Waals surface area contributed by atoms with Crippen LogP contribution in [0.3, 0.4) is 0 Å². The number of nitrogens with zero attached hydrogens (tertiary/aromatic N) is 2. The van der Waals surface area contributed by atoms with Crippen molar-refractivity contribution in [1.82, 2.24) is 9.47 Å². The Balaban J connectivity index is 0.000000454. The summed E-state index contributed by atoms with van der Waals surface area (Å²) in [6.45, 7) is 1.62. The predicted molar refractivity (Wildman–Crippen MR) is 119 cm³/mol. The second-order valence-corrected chi connectivity index (χ2v) is 8.24. The van der Waals surface area contributed by atoms with Gasteiger partial charge in [0, 0.05) is 43.3 Å². The largest absolute Gasteiger partial charge is 0.391 e. The fraction of sp³-hybridized carbons (Fsp3) is 0.417. The first-order chi connectivity index (χ1) is 15.9. The lowest BCUT2D eigenvalue weighted by Gasteiger charge is -2.41. The number of carbonyl (C=O) groups is 1. The zero-order valence-electron chi connectivity index (χ0n) is 18.4. The van der Waals surface area contributed by atoms with Gasteiger partial charge in [-0.1, -0.05) is 24.3 Å². The molecular weight excluding hydrogens is 428 g/mol. The van der Waals surface area contributed by atoms with Gasteiger partial charge in [-0.05, 0) is 49.5 Å². The van der Waals surface area contributed by atoms with Crippen molar-refractivity contribution in [3.63, 3.8) is 0 Å². The van der Waals surface area contributed by atoms with E-state index in [-0.39, 0.29) is 29.4 Å². The minimum atomic E-state index is -0.357. The Morgan fingerprint density at radius 3 is 2.21 bits per heavy atom. The number of aryl methyl sites for hydroxylation is 1. The van der Waals surface area contributed by atoms with E-state index in [0.717, 1.165) is 32.4 Å². The third-order valence-corrected chi connectivity index (χ3v) is 6.31.